The maximum Gasteiger partial charge on any atom is 0.157 e. The van der Waals surface area contributed by atoms with Crippen molar-refractivity contribution in [1.29, 1.82) is 5.26 Å². The number of hydrogen-bond donors (Lipinski definition) is 0. The fourth-order valence-corrected chi connectivity index (χ4v) is 2.59. The molecule has 3 heterocycles. The SMILES string of the molecule is N#Cc1ccc(-n2cnc3ccc(-c4ccncc4)c(F)c32)nc1. The predicted molar refractivity (Wildman–Crippen MR) is 86.8 cm³/mol. The number of imidazole rings is 1. The van der Waals surface area contributed by atoms with E-state index in [0.29, 0.717) is 28.0 Å². The number of benzene rings is 1. The van der Waals surface area contributed by atoms with Gasteiger partial charge in [-0.2, -0.15) is 5.26 Å². The highest BCUT2D eigenvalue weighted by atomic mass is 19.1. The topological polar surface area (TPSA) is 67.4 Å². The summed E-state index contributed by atoms with van der Waals surface area (Å²) >= 11 is 0. The highest BCUT2D eigenvalue weighted by molar-refractivity contribution is 5.84. The largest absolute Gasteiger partial charge is 0.280 e. The van der Waals surface area contributed by atoms with Crippen molar-refractivity contribution in [3.05, 3.63) is 72.7 Å². The zero-order chi connectivity index (χ0) is 16.5. The van der Waals surface area contributed by atoms with Gasteiger partial charge in [0.25, 0.3) is 0 Å². The average Bonchev–Trinajstić information content (AvgIpc) is 3.08. The van der Waals surface area contributed by atoms with E-state index in [-0.39, 0.29) is 5.82 Å². The molecule has 3 aromatic heterocycles. The minimum Gasteiger partial charge on any atom is -0.280 e. The Morgan fingerprint density at radius 1 is 1.00 bits per heavy atom. The summed E-state index contributed by atoms with van der Waals surface area (Å²) in [4.78, 5) is 12.4. The molecule has 0 atom stereocenters. The number of halogens is 1. The molecular weight excluding hydrogens is 305 g/mol. The Morgan fingerprint density at radius 3 is 2.54 bits per heavy atom. The molecule has 6 heteroatoms. The Kier molecular flexibility index (Phi) is 3.25. The molecule has 0 N–H and O–H groups in total. The van der Waals surface area contributed by atoms with Crippen LogP contribution >= 0.6 is 0 Å². The first kappa shape index (κ1) is 14.0. The van der Waals surface area contributed by atoms with Gasteiger partial charge in [-0.3, -0.25) is 9.55 Å². The van der Waals surface area contributed by atoms with Crippen molar-refractivity contribution in [3.8, 4) is 23.0 Å². The summed E-state index contributed by atoms with van der Waals surface area (Å²) in [6, 6.07) is 12.3. The number of rotatable bonds is 2. The Balaban J connectivity index is 1.93. The number of nitriles is 1. The molecule has 0 fully saturated rings. The first-order valence-corrected chi connectivity index (χ1v) is 7.20. The molecule has 0 saturated heterocycles. The van der Waals surface area contributed by atoms with Crippen LogP contribution in [0.4, 0.5) is 4.39 Å². The summed E-state index contributed by atoms with van der Waals surface area (Å²) in [6.45, 7) is 0. The van der Waals surface area contributed by atoms with Crippen LogP contribution in [-0.4, -0.2) is 19.5 Å². The second-order valence-corrected chi connectivity index (χ2v) is 5.16. The van der Waals surface area contributed by atoms with E-state index in [1.807, 2.05) is 6.07 Å². The predicted octanol–water partition coefficient (Wildman–Crippen LogP) is 3.49. The van der Waals surface area contributed by atoms with Gasteiger partial charge < -0.3 is 0 Å². The summed E-state index contributed by atoms with van der Waals surface area (Å²) in [6.07, 6.45) is 6.22. The lowest BCUT2D eigenvalue weighted by atomic mass is 10.1. The normalized spacial score (nSPS) is 10.7. The highest BCUT2D eigenvalue weighted by Crippen LogP contribution is 2.29. The number of hydrogen-bond acceptors (Lipinski definition) is 4. The summed E-state index contributed by atoms with van der Waals surface area (Å²) < 4.78 is 16.7. The van der Waals surface area contributed by atoms with Gasteiger partial charge in [0.15, 0.2) is 5.82 Å². The van der Waals surface area contributed by atoms with Gasteiger partial charge in [-0.05, 0) is 42.0 Å². The zero-order valence-corrected chi connectivity index (χ0v) is 12.4. The van der Waals surface area contributed by atoms with Crippen molar-refractivity contribution in [2.24, 2.45) is 0 Å². The van der Waals surface area contributed by atoms with Gasteiger partial charge in [-0.25, -0.2) is 14.4 Å². The molecule has 114 valence electrons. The molecule has 0 radical (unpaired) electrons. The van der Waals surface area contributed by atoms with E-state index in [1.54, 1.807) is 53.4 Å². The number of nitrogens with zero attached hydrogens (tertiary/aromatic N) is 5. The van der Waals surface area contributed by atoms with Gasteiger partial charge in [-0.1, -0.05) is 0 Å². The van der Waals surface area contributed by atoms with Crippen molar-refractivity contribution in [2.45, 2.75) is 0 Å². The third-order valence-corrected chi connectivity index (χ3v) is 3.76. The van der Waals surface area contributed by atoms with Crippen molar-refractivity contribution in [1.82, 2.24) is 19.5 Å². The maximum atomic E-state index is 15.1. The molecule has 0 aliphatic carbocycles. The molecule has 0 aliphatic rings. The van der Waals surface area contributed by atoms with E-state index < -0.39 is 0 Å². The Labute approximate surface area is 136 Å². The average molecular weight is 315 g/mol. The number of aromatic nitrogens is 4. The Hall–Kier alpha value is -3.59. The van der Waals surface area contributed by atoms with Crippen LogP contribution in [0.3, 0.4) is 0 Å². The molecule has 5 nitrogen and oxygen atoms in total. The minimum atomic E-state index is -0.373. The molecule has 0 unspecified atom stereocenters. The molecule has 0 saturated carbocycles. The van der Waals surface area contributed by atoms with Crippen LogP contribution in [0.25, 0.3) is 28.0 Å². The van der Waals surface area contributed by atoms with E-state index >= 15 is 4.39 Å². The molecule has 0 aliphatic heterocycles. The molecule has 4 rings (SSSR count). The first-order chi connectivity index (χ1) is 11.8. The van der Waals surface area contributed by atoms with Crippen LogP contribution < -0.4 is 0 Å². The molecule has 24 heavy (non-hydrogen) atoms. The van der Waals surface area contributed by atoms with Crippen molar-refractivity contribution in [2.75, 3.05) is 0 Å². The van der Waals surface area contributed by atoms with Crippen LogP contribution in [0.1, 0.15) is 5.56 Å². The van der Waals surface area contributed by atoms with Gasteiger partial charge in [0.1, 0.15) is 23.7 Å². The number of fused-ring (bicyclic) bond motifs is 1. The van der Waals surface area contributed by atoms with Crippen LogP contribution in [-0.2, 0) is 0 Å². The molecule has 0 bridgehead atoms. The van der Waals surface area contributed by atoms with E-state index in [1.165, 1.54) is 12.5 Å². The quantitative estimate of drug-likeness (QED) is 0.568. The van der Waals surface area contributed by atoms with Crippen molar-refractivity contribution < 1.29 is 4.39 Å². The zero-order valence-electron chi connectivity index (χ0n) is 12.4. The third kappa shape index (κ3) is 2.20. The summed E-state index contributed by atoms with van der Waals surface area (Å²) in [7, 11) is 0. The lowest BCUT2D eigenvalue weighted by molar-refractivity contribution is 0.637. The van der Waals surface area contributed by atoms with Crippen LogP contribution in [0.2, 0.25) is 0 Å². The van der Waals surface area contributed by atoms with Crippen LogP contribution in [0, 0.1) is 17.1 Å². The van der Waals surface area contributed by atoms with E-state index in [4.69, 9.17) is 5.26 Å². The Morgan fingerprint density at radius 2 is 1.83 bits per heavy atom. The second-order valence-electron chi connectivity index (χ2n) is 5.16. The standard InChI is InChI=1S/C18H10FN5/c19-17-14(13-5-7-21-8-6-13)2-3-15-18(17)24(11-23-15)16-4-1-12(9-20)10-22-16/h1-8,10-11H. The lowest BCUT2D eigenvalue weighted by Crippen LogP contribution is -1.98. The fraction of sp³-hybridized carbons (Fsp3) is 0. The van der Waals surface area contributed by atoms with Gasteiger partial charge in [-0.15, -0.1) is 0 Å². The minimum absolute atomic E-state index is 0.349. The van der Waals surface area contributed by atoms with Crippen LogP contribution in [0.5, 0.6) is 0 Å². The fourth-order valence-electron chi connectivity index (χ4n) is 2.59. The molecule has 0 amide bonds. The second kappa shape index (κ2) is 5.56. The van der Waals surface area contributed by atoms with Gasteiger partial charge in [0.2, 0.25) is 0 Å². The van der Waals surface area contributed by atoms with Gasteiger partial charge >= 0.3 is 0 Å². The number of pyridine rings is 2. The van der Waals surface area contributed by atoms with Crippen molar-refractivity contribution >= 4 is 11.0 Å². The van der Waals surface area contributed by atoms with Gasteiger partial charge in [0.05, 0.1) is 11.1 Å². The highest BCUT2D eigenvalue weighted by Gasteiger charge is 2.15. The van der Waals surface area contributed by atoms with Gasteiger partial charge in [0, 0.05) is 24.2 Å². The third-order valence-electron chi connectivity index (χ3n) is 3.76. The molecule has 0 spiro atoms. The molecule has 1 aromatic carbocycles. The van der Waals surface area contributed by atoms with E-state index in [9.17, 15) is 0 Å². The first-order valence-electron chi connectivity index (χ1n) is 7.20. The maximum absolute atomic E-state index is 15.1. The van der Waals surface area contributed by atoms with E-state index in [0.717, 1.165) is 5.56 Å². The monoisotopic (exact) mass is 315 g/mol. The lowest BCUT2D eigenvalue weighted by Gasteiger charge is -2.07. The molecular formula is C18H10FN5. The molecule has 4 aromatic rings. The van der Waals surface area contributed by atoms with E-state index in [2.05, 4.69) is 15.0 Å². The Bertz CT molecular complexity index is 1060. The van der Waals surface area contributed by atoms with Crippen LogP contribution in [0.15, 0.2) is 61.3 Å². The summed E-state index contributed by atoms with van der Waals surface area (Å²) in [5, 5.41) is 8.86. The smallest absolute Gasteiger partial charge is 0.157 e. The summed E-state index contributed by atoms with van der Waals surface area (Å²) in [5.74, 6) is 0.129. The summed E-state index contributed by atoms with van der Waals surface area (Å²) in [5.41, 5.74) is 2.55. The van der Waals surface area contributed by atoms with Crippen molar-refractivity contribution in [3.63, 3.8) is 0 Å².